The summed E-state index contributed by atoms with van der Waals surface area (Å²) in [5.74, 6) is 0.955. The van der Waals surface area contributed by atoms with E-state index in [1.54, 1.807) is 24.3 Å². The fourth-order valence-corrected chi connectivity index (χ4v) is 2.40. The Morgan fingerprint density at radius 1 is 1.33 bits per heavy atom. The lowest BCUT2D eigenvalue weighted by Crippen LogP contribution is -2.03. The van der Waals surface area contributed by atoms with E-state index in [4.69, 9.17) is 4.74 Å². The molecule has 1 aromatic heterocycles. The first-order valence-corrected chi connectivity index (χ1v) is 6.53. The molecule has 1 heterocycles. The van der Waals surface area contributed by atoms with Crippen molar-refractivity contribution in [2.45, 2.75) is 20.0 Å². The van der Waals surface area contributed by atoms with Crippen LogP contribution in [0.15, 0.2) is 28.7 Å². The Bertz CT molecular complexity index is 535. The third kappa shape index (κ3) is 2.67. The molecule has 2 rings (SSSR count). The molecular formula is C13H15BrN2O2. The average molecular weight is 311 g/mol. The van der Waals surface area contributed by atoms with Gasteiger partial charge in [-0.2, -0.15) is 5.10 Å². The van der Waals surface area contributed by atoms with Gasteiger partial charge in [0.25, 0.3) is 0 Å². The van der Waals surface area contributed by atoms with Gasteiger partial charge >= 0.3 is 0 Å². The van der Waals surface area contributed by atoms with E-state index in [1.807, 2.05) is 11.7 Å². The third-order valence-corrected chi connectivity index (χ3v) is 3.63. The molecule has 0 spiro atoms. The zero-order valence-corrected chi connectivity index (χ0v) is 11.9. The number of nitrogens with zero attached hydrogens (tertiary/aromatic N) is 2. The van der Waals surface area contributed by atoms with E-state index in [0.717, 1.165) is 28.0 Å². The summed E-state index contributed by atoms with van der Waals surface area (Å²) in [6, 6.07) is 6.68. The monoisotopic (exact) mass is 310 g/mol. The zero-order chi connectivity index (χ0) is 13.1. The number of hydrogen-bond donors (Lipinski definition) is 1. The molecule has 0 bridgehead atoms. The molecule has 18 heavy (non-hydrogen) atoms. The number of halogens is 1. The van der Waals surface area contributed by atoms with Gasteiger partial charge in [-0.25, -0.2) is 0 Å². The number of phenolic OH excluding ortho intramolecular Hbond substituents is 1. The average Bonchev–Trinajstić information content (AvgIpc) is 2.64. The second-order valence-corrected chi connectivity index (χ2v) is 4.76. The summed E-state index contributed by atoms with van der Waals surface area (Å²) in [5, 5.41) is 13.6. The van der Waals surface area contributed by atoms with E-state index in [1.165, 1.54) is 0 Å². The van der Waals surface area contributed by atoms with Gasteiger partial charge in [-0.15, -0.1) is 0 Å². The van der Waals surface area contributed by atoms with Crippen LogP contribution in [-0.4, -0.2) is 14.9 Å². The van der Waals surface area contributed by atoms with E-state index in [-0.39, 0.29) is 5.75 Å². The summed E-state index contributed by atoms with van der Waals surface area (Å²) < 4.78 is 8.49. The lowest BCUT2D eigenvalue weighted by Gasteiger charge is -2.07. The Morgan fingerprint density at radius 3 is 2.56 bits per heavy atom. The van der Waals surface area contributed by atoms with Gasteiger partial charge in [0.1, 0.15) is 18.1 Å². The molecule has 0 atom stereocenters. The van der Waals surface area contributed by atoms with Gasteiger partial charge < -0.3 is 9.84 Å². The van der Waals surface area contributed by atoms with Crippen LogP contribution in [0.1, 0.15) is 18.3 Å². The van der Waals surface area contributed by atoms with Crippen LogP contribution in [0, 0.1) is 0 Å². The number of rotatable bonds is 4. The summed E-state index contributed by atoms with van der Waals surface area (Å²) in [5.41, 5.74) is 2.03. The normalized spacial score (nSPS) is 10.6. The Kier molecular flexibility index (Phi) is 3.91. The highest BCUT2D eigenvalue weighted by atomic mass is 79.9. The number of ether oxygens (including phenoxy) is 1. The molecule has 0 saturated carbocycles. The maximum absolute atomic E-state index is 9.19. The lowest BCUT2D eigenvalue weighted by atomic mass is 10.3. The second kappa shape index (κ2) is 5.44. The summed E-state index contributed by atoms with van der Waals surface area (Å²) in [7, 11) is 1.90. The Morgan fingerprint density at radius 2 is 2.00 bits per heavy atom. The fourth-order valence-electron chi connectivity index (χ4n) is 1.67. The van der Waals surface area contributed by atoms with Crippen molar-refractivity contribution in [3.63, 3.8) is 0 Å². The van der Waals surface area contributed by atoms with Gasteiger partial charge in [0.15, 0.2) is 0 Å². The maximum Gasteiger partial charge on any atom is 0.131 e. The Balaban J connectivity index is 2.10. The minimum Gasteiger partial charge on any atom is -0.508 e. The topological polar surface area (TPSA) is 47.3 Å². The van der Waals surface area contributed by atoms with Crippen LogP contribution in [0.25, 0.3) is 0 Å². The van der Waals surface area contributed by atoms with Crippen molar-refractivity contribution in [3.8, 4) is 11.5 Å². The Labute approximate surface area is 114 Å². The lowest BCUT2D eigenvalue weighted by molar-refractivity contribution is 0.293. The largest absolute Gasteiger partial charge is 0.508 e. The fraction of sp³-hybridized carbons (Fsp3) is 0.308. The summed E-state index contributed by atoms with van der Waals surface area (Å²) in [6.07, 6.45) is 0.883. The molecule has 0 unspecified atom stereocenters. The molecule has 0 radical (unpaired) electrons. The molecule has 1 aromatic carbocycles. The van der Waals surface area contributed by atoms with Crippen LogP contribution < -0.4 is 4.74 Å². The molecule has 5 heteroatoms. The van der Waals surface area contributed by atoms with Crippen molar-refractivity contribution in [3.05, 3.63) is 40.1 Å². The molecule has 2 aromatic rings. The summed E-state index contributed by atoms with van der Waals surface area (Å²) >= 11 is 3.54. The molecular weight excluding hydrogens is 296 g/mol. The number of aromatic nitrogens is 2. The SMILES string of the molecule is CCc1nn(C)c(COc2ccc(O)cc2)c1Br. The quantitative estimate of drug-likeness (QED) is 0.944. The van der Waals surface area contributed by atoms with Crippen LogP contribution in [-0.2, 0) is 20.1 Å². The van der Waals surface area contributed by atoms with Crippen LogP contribution >= 0.6 is 15.9 Å². The zero-order valence-electron chi connectivity index (χ0n) is 10.4. The van der Waals surface area contributed by atoms with Crippen LogP contribution in [0.3, 0.4) is 0 Å². The van der Waals surface area contributed by atoms with Crippen molar-refractivity contribution in [1.29, 1.82) is 0 Å². The molecule has 0 aliphatic rings. The van der Waals surface area contributed by atoms with Gasteiger partial charge in [0.2, 0.25) is 0 Å². The highest BCUT2D eigenvalue weighted by Crippen LogP contribution is 2.23. The molecule has 0 aliphatic carbocycles. The van der Waals surface area contributed by atoms with E-state index in [0.29, 0.717) is 6.61 Å². The summed E-state index contributed by atoms with van der Waals surface area (Å²) in [6.45, 7) is 2.51. The Hall–Kier alpha value is -1.49. The van der Waals surface area contributed by atoms with Crippen LogP contribution in [0.4, 0.5) is 0 Å². The van der Waals surface area contributed by atoms with Crippen molar-refractivity contribution < 1.29 is 9.84 Å². The molecule has 96 valence electrons. The molecule has 0 fully saturated rings. The van der Waals surface area contributed by atoms with E-state index in [2.05, 4.69) is 28.0 Å². The smallest absolute Gasteiger partial charge is 0.131 e. The van der Waals surface area contributed by atoms with Crippen molar-refractivity contribution in [1.82, 2.24) is 9.78 Å². The van der Waals surface area contributed by atoms with Gasteiger partial charge in [-0.3, -0.25) is 4.68 Å². The van der Waals surface area contributed by atoms with Gasteiger partial charge in [-0.1, -0.05) is 6.92 Å². The highest BCUT2D eigenvalue weighted by Gasteiger charge is 2.12. The summed E-state index contributed by atoms with van der Waals surface area (Å²) in [4.78, 5) is 0. The number of aromatic hydroxyl groups is 1. The molecule has 0 amide bonds. The predicted octanol–water partition coefficient (Wildman–Crippen LogP) is 3.03. The van der Waals surface area contributed by atoms with E-state index < -0.39 is 0 Å². The first-order chi connectivity index (χ1) is 8.61. The number of benzene rings is 1. The van der Waals surface area contributed by atoms with Crippen LogP contribution in [0.2, 0.25) is 0 Å². The first-order valence-electron chi connectivity index (χ1n) is 5.74. The number of hydrogen-bond acceptors (Lipinski definition) is 3. The second-order valence-electron chi connectivity index (χ2n) is 3.97. The maximum atomic E-state index is 9.19. The van der Waals surface area contributed by atoms with E-state index in [9.17, 15) is 5.11 Å². The van der Waals surface area contributed by atoms with Crippen molar-refractivity contribution in [2.24, 2.45) is 7.05 Å². The van der Waals surface area contributed by atoms with Gasteiger partial charge in [0, 0.05) is 7.05 Å². The highest BCUT2D eigenvalue weighted by molar-refractivity contribution is 9.10. The number of aryl methyl sites for hydroxylation is 2. The standard InChI is InChI=1S/C13H15BrN2O2/c1-3-11-13(14)12(16(2)15-11)8-18-10-6-4-9(17)5-7-10/h4-7,17H,3,8H2,1-2H3. The molecule has 0 saturated heterocycles. The number of phenols is 1. The van der Waals surface area contributed by atoms with Crippen molar-refractivity contribution in [2.75, 3.05) is 0 Å². The van der Waals surface area contributed by atoms with E-state index >= 15 is 0 Å². The van der Waals surface area contributed by atoms with Crippen molar-refractivity contribution >= 4 is 15.9 Å². The predicted molar refractivity (Wildman–Crippen MR) is 72.7 cm³/mol. The van der Waals surface area contributed by atoms with Gasteiger partial charge in [0.05, 0.1) is 15.9 Å². The molecule has 0 aliphatic heterocycles. The minimum absolute atomic E-state index is 0.234. The third-order valence-electron chi connectivity index (χ3n) is 2.72. The molecule has 1 N–H and O–H groups in total. The van der Waals surface area contributed by atoms with Gasteiger partial charge in [-0.05, 0) is 46.6 Å². The first kappa shape index (κ1) is 13.0. The molecule has 4 nitrogen and oxygen atoms in total. The minimum atomic E-state index is 0.234. The van der Waals surface area contributed by atoms with Crippen LogP contribution in [0.5, 0.6) is 11.5 Å².